The van der Waals surface area contributed by atoms with E-state index in [-0.39, 0.29) is 25.5 Å². The SMILES string of the molecule is O=C1CCc2cc(OCC(=O)N3CCC[C@H](C(F)(F)F)C3)ccc2N1. The summed E-state index contributed by atoms with van der Waals surface area (Å²) in [5.74, 6) is -1.48. The highest BCUT2D eigenvalue weighted by Crippen LogP contribution is 2.33. The first kappa shape index (κ1) is 17.6. The van der Waals surface area contributed by atoms with E-state index in [9.17, 15) is 22.8 Å². The van der Waals surface area contributed by atoms with E-state index in [1.54, 1.807) is 18.2 Å². The second-order valence-electron chi connectivity index (χ2n) is 6.38. The molecule has 1 fully saturated rings. The zero-order valence-corrected chi connectivity index (χ0v) is 13.6. The lowest BCUT2D eigenvalue weighted by Crippen LogP contribution is -2.46. The second-order valence-corrected chi connectivity index (χ2v) is 6.38. The highest BCUT2D eigenvalue weighted by atomic mass is 19.4. The maximum atomic E-state index is 12.8. The van der Waals surface area contributed by atoms with Crippen molar-refractivity contribution >= 4 is 17.5 Å². The Bertz CT molecular complexity index is 676. The number of alkyl halides is 3. The van der Waals surface area contributed by atoms with E-state index in [4.69, 9.17) is 4.74 Å². The van der Waals surface area contributed by atoms with Crippen molar-refractivity contribution in [2.45, 2.75) is 31.9 Å². The second kappa shape index (κ2) is 6.93. The van der Waals surface area contributed by atoms with Crippen molar-refractivity contribution in [3.8, 4) is 5.75 Å². The minimum atomic E-state index is -4.28. The third-order valence-corrected chi connectivity index (χ3v) is 4.57. The molecule has 2 heterocycles. The molecule has 0 unspecified atom stereocenters. The first-order valence-corrected chi connectivity index (χ1v) is 8.23. The molecule has 0 aliphatic carbocycles. The fourth-order valence-electron chi connectivity index (χ4n) is 3.16. The van der Waals surface area contributed by atoms with Gasteiger partial charge < -0.3 is 15.0 Å². The van der Waals surface area contributed by atoms with Crippen LogP contribution in [0.2, 0.25) is 0 Å². The van der Waals surface area contributed by atoms with Gasteiger partial charge in [-0.2, -0.15) is 13.2 Å². The number of carbonyl (C=O) groups is 2. The molecule has 25 heavy (non-hydrogen) atoms. The zero-order chi connectivity index (χ0) is 18.0. The predicted octanol–water partition coefficient (Wildman–Crippen LogP) is 2.75. The number of rotatable bonds is 3. The summed E-state index contributed by atoms with van der Waals surface area (Å²) >= 11 is 0. The molecule has 1 aromatic rings. The molecule has 2 amide bonds. The van der Waals surface area contributed by atoms with E-state index in [1.165, 1.54) is 4.90 Å². The number of aryl methyl sites for hydroxylation is 1. The van der Waals surface area contributed by atoms with Crippen molar-refractivity contribution in [1.29, 1.82) is 0 Å². The quantitative estimate of drug-likeness (QED) is 0.906. The molecule has 0 radical (unpaired) electrons. The summed E-state index contributed by atoms with van der Waals surface area (Å²) in [6.07, 6.45) is -2.89. The Morgan fingerprint density at radius 2 is 2.12 bits per heavy atom. The van der Waals surface area contributed by atoms with Gasteiger partial charge in [0, 0.05) is 25.2 Å². The Balaban J connectivity index is 1.56. The number of fused-ring (bicyclic) bond motifs is 1. The average molecular weight is 356 g/mol. The summed E-state index contributed by atoms with van der Waals surface area (Å²) in [4.78, 5) is 24.7. The standard InChI is InChI=1S/C17H19F3N2O3/c18-17(19,20)12-2-1-7-22(9-12)16(24)10-25-13-4-5-14-11(8-13)3-6-15(23)21-14/h4-5,8,12H,1-3,6-7,9-10H2,(H,21,23)/t12-/m0/s1. The minimum Gasteiger partial charge on any atom is -0.484 e. The van der Waals surface area contributed by atoms with Gasteiger partial charge in [0.1, 0.15) is 5.75 Å². The number of nitrogens with one attached hydrogen (secondary N) is 1. The molecule has 0 saturated carbocycles. The number of benzene rings is 1. The highest BCUT2D eigenvalue weighted by Gasteiger charge is 2.42. The van der Waals surface area contributed by atoms with Crippen molar-refractivity contribution in [2.24, 2.45) is 5.92 Å². The third kappa shape index (κ3) is 4.24. The Labute approximate surface area is 143 Å². The molecule has 3 rings (SSSR count). The molecule has 2 aliphatic rings. The van der Waals surface area contributed by atoms with Gasteiger partial charge in [0.05, 0.1) is 5.92 Å². The van der Waals surface area contributed by atoms with Gasteiger partial charge in [0.25, 0.3) is 5.91 Å². The number of likely N-dealkylation sites (tertiary alicyclic amines) is 1. The molecule has 1 aromatic carbocycles. The molecule has 1 saturated heterocycles. The lowest BCUT2D eigenvalue weighted by molar-refractivity contribution is -0.188. The molecule has 8 heteroatoms. The van der Waals surface area contributed by atoms with Crippen LogP contribution in [0.15, 0.2) is 18.2 Å². The van der Waals surface area contributed by atoms with Crippen molar-refractivity contribution in [2.75, 3.05) is 25.0 Å². The summed E-state index contributed by atoms with van der Waals surface area (Å²) in [7, 11) is 0. The van der Waals surface area contributed by atoms with Crippen LogP contribution in [0.3, 0.4) is 0 Å². The van der Waals surface area contributed by atoms with E-state index < -0.39 is 18.0 Å². The maximum absolute atomic E-state index is 12.8. The normalized spacial score (nSPS) is 20.7. The average Bonchev–Trinajstić information content (AvgIpc) is 2.59. The Morgan fingerprint density at radius 3 is 2.88 bits per heavy atom. The smallest absolute Gasteiger partial charge is 0.393 e. The molecular weight excluding hydrogens is 337 g/mol. The first-order chi connectivity index (χ1) is 11.8. The van der Waals surface area contributed by atoms with Crippen LogP contribution in [0.1, 0.15) is 24.8 Å². The predicted molar refractivity (Wildman–Crippen MR) is 84.2 cm³/mol. The number of hydrogen-bond donors (Lipinski definition) is 1. The number of ether oxygens (including phenoxy) is 1. The Hall–Kier alpha value is -2.25. The lowest BCUT2D eigenvalue weighted by Gasteiger charge is -2.33. The molecule has 0 spiro atoms. The molecule has 2 aliphatic heterocycles. The van der Waals surface area contributed by atoms with Gasteiger partial charge in [0.2, 0.25) is 5.91 Å². The van der Waals surface area contributed by atoms with Crippen molar-refractivity contribution in [3.63, 3.8) is 0 Å². The topological polar surface area (TPSA) is 58.6 Å². The van der Waals surface area contributed by atoms with Crippen LogP contribution in [0, 0.1) is 5.92 Å². The van der Waals surface area contributed by atoms with Gasteiger partial charge in [0.15, 0.2) is 6.61 Å². The first-order valence-electron chi connectivity index (χ1n) is 8.23. The van der Waals surface area contributed by atoms with Gasteiger partial charge in [-0.25, -0.2) is 0 Å². The number of hydrogen-bond acceptors (Lipinski definition) is 3. The molecule has 1 N–H and O–H groups in total. The van der Waals surface area contributed by atoms with E-state index in [0.717, 1.165) is 11.3 Å². The van der Waals surface area contributed by atoms with Crippen LogP contribution in [0.5, 0.6) is 5.75 Å². The van der Waals surface area contributed by atoms with Crippen molar-refractivity contribution in [1.82, 2.24) is 4.90 Å². The van der Waals surface area contributed by atoms with Crippen LogP contribution >= 0.6 is 0 Å². The number of halogens is 3. The summed E-state index contributed by atoms with van der Waals surface area (Å²) in [6, 6.07) is 5.08. The monoisotopic (exact) mass is 356 g/mol. The summed E-state index contributed by atoms with van der Waals surface area (Å²) < 4.78 is 43.9. The fraction of sp³-hybridized carbons (Fsp3) is 0.529. The Morgan fingerprint density at radius 1 is 1.32 bits per heavy atom. The number of nitrogens with zero attached hydrogens (tertiary/aromatic N) is 1. The van der Waals surface area contributed by atoms with Gasteiger partial charge in [-0.3, -0.25) is 9.59 Å². The number of piperidine rings is 1. The van der Waals surface area contributed by atoms with Crippen LogP contribution in [-0.4, -0.2) is 42.6 Å². The number of anilines is 1. The van der Waals surface area contributed by atoms with Gasteiger partial charge >= 0.3 is 6.18 Å². The van der Waals surface area contributed by atoms with Crippen molar-refractivity contribution < 1.29 is 27.5 Å². The highest BCUT2D eigenvalue weighted by molar-refractivity contribution is 5.94. The molecule has 136 valence electrons. The zero-order valence-electron chi connectivity index (χ0n) is 13.6. The van der Waals surface area contributed by atoms with Gasteiger partial charge in [-0.1, -0.05) is 0 Å². The molecule has 1 atom stereocenters. The fourth-order valence-corrected chi connectivity index (χ4v) is 3.16. The molecule has 5 nitrogen and oxygen atoms in total. The summed E-state index contributed by atoms with van der Waals surface area (Å²) in [5, 5.41) is 2.75. The molecule has 0 aromatic heterocycles. The number of carbonyl (C=O) groups excluding carboxylic acids is 2. The Kier molecular flexibility index (Phi) is 4.87. The van der Waals surface area contributed by atoms with Crippen LogP contribution < -0.4 is 10.1 Å². The molecule has 0 bridgehead atoms. The van der Waals surface area contributed by atoms with Gasteiger partial charge in [-0.15, -0.1) is 0 Å². The van der Waals surface area contributed by atoms with Crippen LogP contribution in [0.25, 0.3) is 0 Å². The lowest BCUT2D eigenvalue weighted by atomic mass is 9.97. The molecular formula is C17H19F3N2O3. The minimum absolute atomic E-state index is 0.0411. The van der Waals surface area contributed by atoms with Gasteiger partial charge in [-0.05, 0) is 43.0 Å². The largest absolute Gasteiger partial charge is 0.484 e. The van der Waals surface area contributed by atoms with E-state index in [1.807, 2.05) is 0 Å². The van der Waals surface area contributed by atoms with Crippen LogP contribution in [0.4, 0.5) is 18.9 Å². The maximum Gasteiger partial charge on any atom is 0.393 e. The number of amides is 2. The van der Waals surface area contributed by atoms with E-state index in [0.29, 0.717) is 31.6 Å². The van der Waals surface area contributed by atoms with E-state index >= 15 is 0 Å². The summed E-state index contributed by atoms with van der Waals surface area (Å²) in [5.41, 5.74) is 1.64. The van der Waals surface area contributed by atoms with Crippen LogP contribution in [-0.2, 0) is 16.0 Å². The van der Waals surface area contributed by atoms with E-state index in [2.05, 4.69) is 5.32 Å². The van der Waals surface area contributed by atoms with Crippen molar-refractivity contribution in [3.05, 3.63) is 23.8 Å². The third-order valence-electron chi connectivity index (χ3n) is 4.57. The summed E-state index contributed by atoms with van der Waals surface area (Å²) in [6.45, 7) is -0.275.